The summed E-state index contributed by atoms with van der Waals surface area (Å²) in [6.07, 6.45) is 0. The van der Waals surface area contributed by atoms with Crippen molar-refractivity contribution in [3.63, 3.8) is 0 Å². The second-order valence-electron chi connectivity index (χ2n) is 2.79. The molecule has 0 unspecified atom stereocenters. The molecule has 0 heterocycles. The van der Waals surface area contributed by atoms with Crippen molar-refractivity contribution in [3.05, 3.63) is 29.3 Å². The number of carbonyl (C=O) groups excluding carboxylic acids is 1. The van der Waals surface area contributed by atoms with Crippen LogP contribution >= 0.6 is 12.2 Å². The lowest BCUT2D eigenvalue weighted by Gasteiger charge is -2.09. The summed E-state index contributed by atoms with van der Waals surface area (Å²) in [5, 5.41) is 2.19. The Labute approximate surface area is 95.4 Å². The largest absolute Gasteiger partial charge is 0.465 e. The average molecular weight is 246 g/mol. The van der Waals surface area contributed by atoms with E-state index in [1.165, 1.54) is 0 Å². The number of rotatable bonds is 2. The van der Waals surface area contributed by atoms with Crippen molar-refractivity contribution in [1.82, 2.24) is 0 Å². The summed E-state index contributed by atoms with van der Waals surface area (Å²) in [5.41, 5.74) is 4.95. The first kappa shape index (κ1) is 12.3. The van der Waals surface area contributed by atoms with Crippen LogP contribution in [-0.2, 0) is 4.74 Å². The molecule has 4 nitrogen and oxygen atoms in total. The highest BCUT2D eigenvalue weighted by molar-refractivity contribution is 7.80. The summed E-state index contributed by atoms with van der Waals surface area (Å²) in [7, 11) is 1.12. The van der Waals surface area contributed by atoms with Crippen molar-refractivity contribution >= 4 is 29.0 Å². The molecule has 1 aromatic rings. The van der Waals surface area contributed by atoms with E-state index in [4.69, 9.17) is 5.73 Å². The number of ether oxygens (including phenoxy) is 1. The van der Waals surface area contributed by atoms with Crippen molar-refractivity contribution < 1.29 is 18.3 Å². The minimum Gasteiger partial charge on any atom is -0.465 e. The average Bonchev–Trinajstić information content (AvgIpc) is 2.21. The number of nitrogens with two attached hydrogens (primary N) is 1. The van der Waals surface area contributed by atoms with Gasteiger partial charge in [-0.15, -0.1) is 0 Å². The second-order valence-corrected chi connectivity index (χ2v) is 3.23. The minimum absolute atomic E-state index is 0.0433. The summed E-state index contributed by atoms with van der Waals surface area (Å²) in [6.45, 7) is 0. The molecule has 7 heteroatoms. The van der Waals surface area contributed by atoms with Gasteiger partial charge in [-0.1, -0.05) is 0 Å². The van der Waals surface area contributed by atoms with Crippen LogP contribution in [-0.4, -0.2) is 18.2 Å². The molecule has 16 heavy (non-hydrogen) atoms. The van der Waals surface area contributed by atoms with Gasteiger partial charge in [0.25, 0.3) is 0 Å². The Balaban J connectivity index is 3.27. The predicted molar refractivity (Wildman–Crippen MR) is 58.1 cm³/mol. The van der Waals surface area contributed by atoms with Gasteiger partial charge < -0.3 is 15.8 Å². The molecule has 3 N–H and O–H groups in total. The minimum atomic E-state index is -1.16. The molecule has 0 fully saturated rings. The molecule has 0 saturated heterocycles. The molecule has 0 spiro atoms. The van der Waals surface area contributed by atoms with E-state index in [1.54, 1.807) is 0 Å². The first-order chi connectivity index (χ1) is 7.45. The van der Waals surface area contributed by atoms with E-state index >= 15 is 0 Å². The smallest absolute Gasteiger partial charge is 0.340 e. The van der Waals surface area contributed by atoms with Gasteiger partial charge >= 0.3 is 5.97 Å². The Kier molecular flexibility index (Phi) is 3.73. The molecule has 1 rings (SSSR count). The number of nitrogens with one attached hydrogen (secondary N) is 1. The third-order valence-electron chi connectivity index (χ3n) is 1.72. The Hall–Kier alpha value is -1.76. The number of carbonyl (C=O) groups is 1. The summed E-state index contributed by atoms with van der Waals surface area (Å²) in [6, 6.07) is 1.49. The van der Waals surface area contributed by atoms with E-state index in [-0.39, 0.29) is 16.4 Å². The van der Waals surface area contributed by atoms with Crippen LogP contribution in [0.5, 0.6) is 0 Å². The SMILES string of the molecule is COC(=O)c1cc(F)c(F)cc1NC(N)=S. The predicted octanol–water partition coefficient (Wildman–Crippen LogP) is 1.41. The van der Waals surface area contributed by atoms with Crippen LogP contribution in [0.25, 0.3) is 0 Å². The number of halogens is 2. The van der Waals surface area contributed by atoms with Crippen LogP contribution in [0.4, 0.5) is 14.5 Å². The maximum absolute atomic E-state index is 12.9. The van der Waals surface area contributed by atoms with Gasteiger partial charge in [-0.05, 0) is 18.3 Å². The topological polar surface area (TPSA) is 64.3 Å². The third kappa shape index (κ3) is 2.63. The highest BCUT2D eigenvalue weighted by atomic mass is 32.1. The Bertz CT molecular complexity index is 451. The van der Waals surface area contributed by atoms with Crippen molar-refractivity contribution in [2.24, 2.45) is 5.73 Å². The molecular weight excluding hydrogens is 238 g/mol. The van der Waals surface area contributed by atoms with E-state index in [0.29, 0.717) is 6.07 Å². The van der Waals surface area contributed by atoms with Crippen molar-refractivity contribution in [2.45, 2.75) is 0 Å². The molecule has 0 aromatic heterocycles. The summed E-state index contributed by atoms with van der Waals surface area (Å²) >= 11 is 4.53. The highest BCUT2D eigenvalue weighted by Gasteiger charge is 2.16. The van der Waals surface area contributed by atoms with Crippen LogP contribution in [0.1, 0.15) is 10.4 Å². The quantitative estimate of drug-likeness (QED) is 0.610. The summed E-state index contributed by atoms with van der Waals surface area (Å²) in [4.78, 5) is 11.2. The Morgan fingerprint density at radius 3 is 2.50 bits per heavy atom. The fourth-order valence-electron chi connectivity index (χ4n) is 1.06. The van der Waals surface area contributed by atoms with Crippen LogP contribution in [0.3, 0.4) is 0 Å². The standard InChI is InChI=1S/C9H8F2N2O2S/c1-15-8(14)4-2-5(10)6(11)3-7(4)13-9(12)16/h2-3H,1H3,(H3,12,13,16). The lowest BCUT2D eigenvalue weighted by molar-refractivity contribution is 0.0601. The number of methoxy groups -OCH3 is 1. The third-order valence-corrected chi connectivity index (χ3v) is 1.83. The van der Waals surface area contributed by atoms with Crippen molar-refractivity contribution in [1.29, 1.82) is 0 Å². The number of hydrogen-bond acceptors (Lipinski definition) is 3. The van der Waals surface area contributed by atoms with E-state index in [1.807, 2.05) is 0 Å². The first-order valence-corrected chi connectivity index (χ1v) is 4.50. The van der Waals surface area contributed by atoms with Crippen LogP contribution in [0.15, 0.2) is 12.1 Å². The maximum atomic E-state index is 12.9. The lowest BCUT2D eigenvalue weighted by atomic mass is 10.1. The molecule has 0 aliphatic rings. The van der Waals surface area contributed by atoms with Crippen molar-refractivity contribution in [3.8, 4) is 0 Å². The molecule has 0 bridgehead atoms. The van der Waals surface area contributed by atoms with E-state index in [2.05, 4.69) is 22.3 Å². The highest BCUT2D eigenvalue weighted by Crippen LogP contribution is 2.20. The van der Waals surface area contributed by atoms with Crippen LogP contribution in [0.2, 0.25) is 0 Å². The van der Waals surface area contributed by atoms with E-state index in [9.17, 15) is 13.6 Å². The van der Waals surface area contributed by atoms with Crippen LogP contribution in [0, 0.1) is 11.6 Å². The first-order valence-electron chi connectivity index (χ1n) is 4.09. The zero-order chi connectivity index (χ0) is 12.3. The van der Waals surface area contributed by atoms with E-state index < -0.39 is 17.6 Å². The molecule has 0 aliphatic heterocycles. The van der Waals surface area contributed by atoms with E-state index in [0.717, 1.165) is 13.2 Å². The molecule has 0 radical (unpaired) electrons. The lowest BCUT2D eigenvalue weighted by Crippen LogP contribution is -2.21. The van der Waals surface area contributed by atoms with Gasteiger partial charge in [-0.2, -0.15) is 0 Å². The molecular formula is C9H8F2N2O2S. The fraction of sp³-hybridized carbons (Fsp3) is 0.111. The number of benzene rings is 1. The van der Waals surface area contributed by atoms with Gasteiger partial charge in [0.1, 0.15) is 0 Å². The van der Waals surface area contributed by atoms with Gasteiger partial charge in [0.2, 0.25) is 0 Å². The summed E-state index contributed by atoms with van der Waals surface area (Å²) in [5.74, 6) is -3.10. The Morgan fingerprint density at radius 1 is 1.44 bits per heavy atom. The second kappa shape index (κ2) is 4.84. The van der Waals surface area contributed by atoms with Crippen molar-refractivity contribution in [2.75, 3.05) is 12.4 Å². The molecule has 0 amide bonds. The van der Waals surface area contributed by atoms with Gasteiger partial charge in [0.15, 0.2) is 16.7 Å². The zero-order valence-electron chi connectivity index (χ0n) is 8.21. The molecule has 86 valence electrons. The number of anilines is 1. The van der Waals surface area contributed by atoms with Gasteiger partial charge in [-0.3, -0.25) is 0 Å². The van der Waals surface area contributed by atoms with Gasteiger partial charge in [0.05, 0.1) is 18.4 Å². The van der Waals surface area contributed by atoms with Gasteiger partial charge in [-0.25, -0.2) is 13.6 Å². The normalized spacial score (nSPS) is 9.69. The molecule has 0 saturated carbocycles. The number of hydrogen-bond donors (Lipinski definition) is 2. The molecule has 1 aromatic carbocycles. The monoisotopic (exact) mass is 246 g/mol. The molecule has 0 atom stereocenters. The molecule has 0 aliphatic carbocycles. The Morgan fingerprint density at radius 2 is 2.00 bits per heavy atom. The number of esters is 1. The summed E-state index contributed by atoms with van der Waals surface area (Å²) < 4.78 is 30.2. The number of thiocarbonyl (C=S) groups is 1. The zero-order valence-corrected chi connectivity index (χ0v) is 9.03. The fourth-order valence-corrected chi connectivity index (χ4v) is 1.17. The van der Waals surface area contributed by atoms with Crippen LogP contribution < -0.4 is 11.1 Å². The van der Waals surface area contributed by atoms with Gasteiger partial charge in [0, 0.05) is 6.07 Å². The maximum Gasteiger partial charge on any atom is 0.340 e.